The Kier molecular flexibility index (Phi) is 4.38. The molecule has 18 heavy (non-hydrogen) atoms. The van der Waals surface area contributed by atoms with Gasteiger partial charge in [-0.2, -0.15) is 0 Å². The number of likely N-dealkylation sites (N-methyl/N-ethyl adjacent to an activating group) is 1. The molecule has 1 fully saturated rings. The molecule has 0 saturated carbocycles. The van der Waals surface area contributed by atoms with Crippen LogP contribution in [0, 0.1) is 0 Å². The average Bonchev–Trinajstić information content (AvgIpc) is 2.88. The summed E-state index contributed by atoms with van der Waals surface area (Å²) in [5.74, 6) is 1.04. The van der Waals surface area contributed by atoms with Gasteiger partial charge in [0.15, 0.2) is 0 Å². The van der Waals surface area contributed by atoms with Gasteiger partial charge in [-0.1, -0.05) is 0 Å². The second-order valence-electron chi connectivity index (χ2n) is 4.82. The van der Waals surface area contributed by atoms with Gasteiger partial charge in [-0.05, 0) is 19.2 Å². The first-order chi connectivity index (χ1) is 8.70. The lowest BCUT2D eigenvalue weighted by molar-refractivity contribution is -0.135. The van der Waals surface area contributed by atoms with E-state index in [1.165, 1.54) is 0 Å². The van der Waals surface area contributed by atoms with Crippen molar-refractivity contribution in [3.63, 3.8) is 0 Å². The van der Waals surface area contributed by atoms with Gasteiger partial charge in [-0.3, -0.25) is 4.79 Å². The molecule has 100 valence electrons. The van der Waals surface area contributed by atoms with E-state index in [9.17, 15) is 4.79 Å². The summed E-state index contributed by atoms with van der Waals surface area (Å²) >= 11 is 0. The highest BCUT2D eigenvalue weighted by atomic mass is 16.3. The number of piperazine rings is 1. The molecule has 1 aromatic heterocycles. The Hall–Kier alpha value is -1.33. The lowest BCUT2D eigenvalue weighted by atomic mass is 10.1. The molecule has 2 rings (SSSR count). The predicted molar refractivity (Wildman–Crippen MR) is 69.1 cm³/mol. The molecule has 1 aliphatic rings. The van der Waals surface area contributed by atoms with Gasteiger partial charge in [0.1, 0.15) is 5.76 Å². The molecule has 0 aliphatic carbocycles. The van der Waals surface area contributed by atoms with Gasteiger partial charge in [0.25, 0.3) is 0 Å². The van der Waals surface area contributed by atoms with E-state index in [0.717, 1.165) is 25.4 Å². The summed E-state index contributed by atoms with van der Waals surface area (Å²) in [5, 5.41) is 0. The van der Waals surface area contributed by atoms with Crippen LogP contribution in [0.3, 0.4) is 0 Å². The molecule has 1 atom stereocenters. The van der Waals surface area contributed by atoms with Crippen molar-refractivity contribution in [2.45, 2.75) is 18.9 Å². The lowest BCUT2D eigenvalue weighted by Gasteiger charge is -2.39. The summed E-state index contributed by atoms with van der Waals surface area (Å²) in [5.41, 5.74) is 5.75. The Balaban J connectivity index is 1.87. The van der Waals surface area contributed by atoms with E-state index in [1.54, 1.807) is 6.26 Å². The number of rotatable bonds is 4. The van der Waals surface area contributed by atoms with Crippen molar-refractivity contribution in [2.24, 2.45) is 5.73 Å². The van der Waals surface area contributed by atoms with Crippen LogP contribution in [-0.4, -0.2) is 55.0 Å². The van der Waals surface area contributed by atoms with Gasteiger partial charge in [0, 0.05) is 39.0 Å². The fourth-order valence-corrected chi connectivity index (χ4v) is 2.37. The largest absolute Gasteiger partial charge is 0.469 e. The highest BCUT2D eigenvalue weighted by Crippen LogP contribution is 2.11. The van der Waals surface area contributed by atoms with Crippen LogP contribution in [0.15, 0.2) is 22.8 Å². The second-order valence-corrected chi connectivity index (χ2v) is 4.82. The van der Waals surface area contributed by atoms with Gasteiger partial charge in [-0.15, -0.1) is 0 Å². The van der Waals surface area contributed by atoms with Crippen molar-refractivity contribution in [2.75, 3.05) is 33.2 Å². The zero-order valence-electron chi connectivity index (χ0n) is 10.8. The Labute approximate surface area is 108 Å². The van der Waals surface area contributed by atoms with Crippen molar-refractivity contribution in [3.05, 3.63) is 24.2 Å². The standard InChI is InChI=1S/C13H21N3O2/c1-15-6-7-16(11(9-14)10-15)13(17)5-4-12-3-2-8-18-12/h2-3,8,11H,4-7,9-10,14H2,1H3. The number of amides is 1. The highest BCUT2D eigenvalue weighted by molar-refractivity contribution is 5.77. The van der Waals surface area contributed by atoms with Crippen molar-refractivity contribution < 1.29 is 9.21 Å². The summed E-state index contributed by atoms with van der Waals surface area (Å²) < 4.78 is 5.24. The Morgan fingerprint density at radius 2 is 2.39 bits per heavy atom. The maximum absolute atomic E-state index is 12.2. The third-order valence-corrected chi connectivity index (χ3v) is 3.44. The fraction of sp³-hybridized carbons (Fsp3) is 0.615. The zero-order valence-corrected chi connectivity index (χ0v) is 10.8. The van der Waals surface area contributed by atoms with Crippen LogP contribution >= 0.6 is 0 Å². The first-order valence-corrected chi connectivity index (χ1v) is 6.41. The topological polar surface area (TPSA) is 62.7 Å². The Morgan fingerprint density at radius 3 is 3.06 bits per heavy atom. The van der Waals surface area contributed by atoms with E-state index in [0.29, 0.717) is 19.4 Å². The third kappa shape index (κ3) is 3.11. The number of carbonyl (C=O) groups excluding carboxylic acids is 1. The van der Waals surface area contributed by atoms with Crippen LogP contribution in [-0.2, 0) is 11.2 Å². The minimum absolute atomic E-state index is 0.146. The molecule has 1 aromatic rings. The SMILES string of the molecule is CN1CCN(C(=O)CCc2ccco2)C(CN)C1. The molecular formula is C13H21N3O2. The molecule has 1 saturated heterocycles. The summed E-state index contributed by atoms with van der Waals surface area (Å²) in [6.07, 6.45) is 2.79. The van der Waals surface area contributed by atoms with Gasteiger partial charge in [-0.25, -0.2) is 0 Å². The van der Waals surface area contributed by atoms with Crippen molar-refractivity contribution in [3.8, 4) is 0 Å². The number of carbonyl (C=O) groups is 1. The van der Waals surface area contributed by atoms with Crippen molar-refractivity contribution >= 4 is 5.91 Å². The average molecular weight is 251 g/mol. The van der Waals surface area contributed by atoms with Crippen molar-refractivity contribution in [1.82, 2.24) is 9.80 Å². The molecule has 1 aliphatic heterocycles. The van der Waals surface area contributed by atoms with E-state index in [1.807, 2.05) is 17.0 Å². The number of nitrogens with two attached hydrogens (primary N) is 1. The maximum atomic E-state index is 12.2. The summed E-state index contributed by atoms with van der Waals surface area (Å²) in [6.45, 7) is 3.08. The molecule has 0 bridgehead atoms. The van der Waals surface area contributed by atoms with Crippen LogP contribution in [0.1, 0.15) is 12.2 Å². The third-order valence-electron chi connectivity index (χ3n) is 3.44. The van der Waals surface area contributed by atoms with Gasteiger partial charge in [0.2, 0.25) is 5.91 Å². The molecule has 0 radical (unpaired) electrons. The van der Waals surface area contributed by atoms with Crippen LogP contribution in [0.25, 0.3) is 0 Å². The summed E-state index contributed by atoms with van der Waals surface area (Å²) in [4.78, 5) is 16.3. The molecule has 0 aromatic carbocycles. The first kappa shape index (κ1) is 13.1. The van der Waals surface area contributed by atoms with Crippen LogP contribution < -0.4 is 5.73 Å². The van der Waals surface area contributed by atoms with E-state index >= 15 is 0 Å². The normalized spacial score (nSPS) is 21.2. The quantitative estimate of drug-likeness (QED) is 0.837. The molecule has 2 N–H and O–H groups in total. The minimum Gasteiger partial charge on any atom is -0.469 e. The number of nitrogens with zero attached hydrogens (tertiary/aromatic N) is 2. The Morgan fingerprint density at radius 1 is 1.56 bits per heavy atom. The van der Waals surface area contributed by atoms with Gasteiger partial charge >= 0.3 is 0 Å². The number of hydrogen-bond donors (Lipinski definition) is 1. The summed E-state index contributed by atoms with van der Waals surface area (Å²) in [6, 6.07) is 3.89. The monoisotopic (exact) mass is 251 g/mol. The fourth-order valence-electron chi connectivity index (χ4n) is 2.37. The molecular weight excluding hydrogens is 230 g/mol. The minimum atomic E-state index is 0.146. The predicted octanol–water partition coefficient (Wildman–Crippen LogP) is 0.314. The lowest BCUT2D eigenvalue weighted by Crippen LogP contribution is -2.56. The van der Waals surface area contributed by atoms with E-state index in [2.05, 4.69) is 11.9 Å². The molecule has 1 amide bonds. The zero-order chi connectivity index (χ0) is 13.0. The number of hydrogen-bond acceptors (Lipinski definition) is 4. The molecule has 1 unspecified atom stereocenters. The number of aryl methyl sites for hydroxylation is 1. The van der Waals surface area contributed by atoms with E-state index in [4.69, 9.17) is 10.2 Å². The molecule has 2 heterocycles. The van der Waals surface area contributed by atoms with Gasteiger partial charge in [0.05, 0.1) is 12.3 Å². The Bertz CT molecular complexity index is 378. The molecule has 5 heteroatoms. The van der Waals surface area contributed by atoms with E-state index < -0.39 is 0 Å². The maximum Gasteiger partial charge on any atom is 0.223 e. The summed E-state index contributed by atoms with van der Waals surface area (Å²) in [7, 11) is 2.06. The van der Waals surface area contributed by atoms with Crippen LogP contribution in [0.5, 0.6) is 0 Å². The second kappa shape index (κ2) is 6.02. The smallest absolute Gasteiger partial charge is 0.223 e. The van der Waals surface area contributed by atoms with Crippen LogP contribution in [0.4, 0.5) is 0 Å². The van der Waals surface area contributed by atoms with E-state index in [-0.39, 0.29) is 11.9 Å². The van der Waals surface area contributed by atoms with Crippen molar-refractivity contribution in [1.29, 1.82) is 0 Å². The highest BCUT2D eigenvalue weighted by Gasteiger charge is 2.27. The first-order valence-electron chi connectivity index (χ1n) is 6.41. The van der Waals surface area contributed by atoms with Crippen LogP contribution in [0.2, 0.25) is 0 Å². The molecule has 0 spiro atoms. The van der Waals surface area contributed by atoms with Gasteiger partial charge < -0.3 is 20.0 Å². The number of furan rings is 1. The molecule has 5 nitrogen and oxygen atoms in total.